The number of nitrogens with zero attached hydrogens (tertiary/aromatic N) is 2. The molecule has 2 unspecified atom stereocenters. The van der Waals surface area contributed by atoms with Crippen molar-refractivity contribution in [2.24, 2.45) is 5.92 Å². The molecule has 2 aliphatic rings. The first kappa shape index (κ1) is 27.1. The van der Waals surface area contributed by atoms with Crippen LogP contribution < -0.4 is 15.8 Å². The summed E-state index contributed by atoms with van der Waals surface area (Å²) in [5, 5.41) is 10.6. The SMILES string of the molecule is CC(C(=O)OCC1CC1)N(OC[C@H]1O[C@@H](n2ccc(=O)[nH]c2=O)[C@](C)(F)[C@@H]1O)[P+](=O)Oc1ccccc1. The molecule has 0 spiro atoms. The molecule has 6 atom stereocenters. The maximum Gasteiger partial charge on any atom is 0.693 e. The van der Waals surface area contributed by atoms with Crippen molar-refractivity contribution < 1.29 is 37.7 Å². The zero-order chi connectivity index (χ0) is 26.7. The van der Waals surface area contributed by atoms with Crippen molar-refractivity contribution in [1.29, 1.82) is 0 Å². The third-order valence-corrected chi connectivity index (χ3v) is 7.26. The number of alkyl halides is 1. The maximum absolute atomic E-state index is 15.5. The molecule has 2 aromatic rings. The second kappa shape index (κ2) is 11.2. The minimum absolute atomic E-state index is 0.230. The first-order valence-electron chi connectivity index (χ1n) is 11.7. The molecule has 1 aliphatic carbocycles. The molecule has 2 heterocycles. The van der Waals surface area contributed by atoms with E-state index in [4.69, 9.17) is 18.8 Å². The van der Waals surface area contributed by atoms with Crippen molar-refractivity contribution in [3.8, 4) is 5.75 Å². The highest BCUT2D eigenvalue weighted by Crippen LogP contribution is 2.41. The Morgan fingerprint density at radius 1 is 1.30 bits per heavy atom. The zero-order valence-corrected chi connectivity index (χ0v) is 21.1. The standard InChI is InChI=1S/C23H27FN3O9P/c1-14(20(30)33-12-15-8-9-15)27(37(32)36-16-6-4-3-5-7-16)34-13-17-19(29)23(2,24)21(35-17)26-11-10-18(28)25-22(26)31/h3-7,10-11,14-15,17,19,21,29H,8-9,12-13H2,1-2H3/p+1/t14?,17-,19-,21-,23-/m1/s1. The van der Waals surface area contributed by atoms with Gasteiger partial charge in [0.2, 0.25) is 0 Å². The Morgan fingerprint density at radius 3 is 2.65 bits per heavy atom. The Morgan fingerprint density at radius 2 is 2.00 bits per heavy atom. The highest BCUT2D eigenvalue weighted by molar-refractivity contribution is 7.36. The molecule has 1 saturated heterocycles. The number of aliphatic hydroxyl groups excluding tert-OH is 1. The summed E-state index contributed by atoms with van der Waals surface area (Å²) in [6, 6.07) is 8.03. The van der Waals surface area contributed by atoms with E-state index >= 15 is 4.39 Å². The van der Waals surface area contributed by atoms with Gasteiger partial charge in [-0.25, -0.2) is 13.7 Å². The number of nitrogens with one attached hydrogen (secondary N) is 1. The van der Waals surface area contributed by atoms with E-state index in [1.807, 2.05) is 4.98 Å². The molecule has 12 nitrogen and oxygen atoms in total. The fourth-order valence-corrected chi connectivity index (χ4v) is 4.64. The van der Waals surface area contributed by atoms with Crippen LogP contribution in [0.25, 0.3) is 0 Å². The van der Waals surface area contributed by atoms with E-state index < -0.39 is 62.2 Å². The van der Waals surface area contributed by atoms with Crippen LogP contribution in [-0.4, -0.2) is 62.6 Å². The number of halogens is 1. The molecule has 1 aliphatic heterocycles. The molecule has 1 saturated carbocycles. The number of esters is 1. The molecule has 1 aromatic heterocycles. The predicted molar refractivity (Wildman–Crippen MR) is 126 cm³/mol. The summed E-state index contributed by atoms with van der Waals surface area (Å²) >= 11 is 0. The summed E-state index contributed by atoms with van der Waals surface area (Å²) in [4.78, 5) is 44.5. The van der Waals surface area contributed by atoms with Gasteiger partial charge in [0.1, 0.15) is 18.8 Å². The molecule has 2 N–H and O–H groups in total. The van der Waals surface area contributed by atoms with Gasteiger partial charge >= 0.3 is 19.8 Å². The topological polar surface area (TPSA) is 149 Å². The second-order valence-electron chi connectivity index (χ2n) is 9.13. The summed E-state index contributed by atoms with van der Waals surface area (Å²) in [6.45, 7) is 2.13. The Labute approximate surface area is 211 Å². The third-order valence-electron chi connectivity index (χ3n) is 6.11. The van der Waals surface area contributed by atoms with Crippen LogP contribution in [0, 0.1) is 5.92 Å². The number of hydrogen-bond donors (Lipinski definition) is 2. The van der Waals surface area contributed by atoms with Gasteiger partial charge in [-0.05, 0) is 44.7 Å². The minimum Gasteiger partial charge on any atom is -0.464 e. The number of rotatable bonds is 11. The van der Waals surface area contributed by atoms with E-state index in [1.165, 1.54) is 6.92 Å². The zero-order valence-electron chi connectivity index (χ0n) is 20.2. The smallest absolute Gasteiger partial charge is 0.464 e. The fourth-order valence-electron chi connectivity index (χ4n) is 3.72. The van der Waals surface area contributed by atoms with Crippen LogP contribution in [0.3, 0.4) is 0 Å². The van der Waals surface area contributed by atoms with Gasteiger partial charge in [0, 0.05) is 16.8 Å². The van der Waals surface area contributed by atoms with Crippen LogP contribution in [0.2, 0.25) is 0 Å². The van der Waals surface area contributed by atoms with E-state index in [0.717, 1.165) is 41.4 Å². The van der Waals surface area contributed by atoms with Crippen LogP contribution in [0.1, 0.15) is 32.9 Å². The van der Waals surface area contributed by atoms with Gasteiger partial charge in [-0.2, -0.15) is 0 Å². The van der Waals surface area contributed by atoms with Gasteiger partial charge in [-0.3, -0.25) is 24.0 Å². The van der Waals surface area contributed by atoms with E-state index in [1.54, 1.807) is 30.3 Å². The Balaban J connectivity index is 1.49. The van der Waals surface area contributed by atoms with Crippen molar-refractivity contribution >= 4 is 14.1 Å². The van der Waals surface area contributed by atoms with Gasteiger partial charge in [-0.1, -0.05) is 18.2 Å². The largest absolute Gasteiger partial charge is 0.693 e. The quantitative estimate of drug-likeness (QED) is 0.246. The molecule has 200 valence electrons. The number of para-hydroxylation sites is 1. The summed E-state index contributed by atoms with van der Waals surface area (Å²) in [6.07, 6.45) is -1.73. The van der Waals surface area contributed by atoms with Crippen molar-refractivity contribution in [2.45, 2.75) is 56.8 Å². The summed E-state index contributed by atoms with van der Waals surface area (Å²) in [5.74, 6) is -0.146. The lowest BCUT2D eigenvalue weighted by Crippen LogP contribution is -2.44. The molecular formula is C23H28FN3O9P+. The summed E-state index contributed by atoms with van der Waals surface area (Å²) in [7, 11) is -2.79. The van der Waals surface area contributed by atoms with Crippen LogP contribution in [0.5, 0.6) is 5.75 Å². The maximum atomic E-state index is 15.5. The first-order valence-corrected chi connectivity index (χ1v) is 12.8. The van der Waals surface area contributed by atoms with E-state index in [9.17, 15) is 24.1 Å². The number of ether oxygens (including phenoxy) is 2. The average Bonchev–Trinajstić information content (AvgIpc) is 3.66. The Kier molecular flexibility index (Phi) is 8.20. The summed E-state index contributed by atoms with van der Waals surface area (Å²) in [5.41, 5.74) is -4.07. The van der Waals surface area contributed by atoms with Gasteiger partial charge in [0.05, 0.1) is 11.4 Å². The summed E-state index contributed by atoms with van der Waals surface area (Å²) < 4.78 is 45.6. The molecule has 2 fully saturated rings. The second-order valence-corrected chi connectivity index (χ2v) is 10.2. The highest BCUT2D eigenvalue weighted by Gasteiger charge is 2.56. The van der Waals surface area contributed by atoms with Crippen LogP contribution in [0.4, 0.5) is 4.39 Å². The van der Waals surface area contributed by atoms with E-state index in [-0.39, 0.29) is 12.4 Å². The number of hydrogen-bond acceptors (Lipinski definition) is 9. The number of H-pyrrole nitrogens is 1. The van der Waals surface area contributed by atoms with Crippen LogP contribution >= 0.6 is 8.18 Å². The van der Waals surface area contributed by atoms with E-state index in [0.29, 0.717) is 5.92 Å². The fraction of sp³-hybridized carbons (Fsp3) is 0.522. The number of carbonyl (C=O) groups is 1. The van der Waals surface area contributed by atoms with E-state index in [2.05, 4.69) is 0 Å². The number of aromatic nitrogens is 2. The Hall–Kier alpha value is -2.96. The molecular weight excluding hydrogens is 512 g/mol. The number of aliphatic hydroxyl groups is 1. The van der Waals surface area contributed by atoms with Gasteiger partial charge < -0.3 is 14.6 Å². The van der Waals surface area contributed by atoms with Crippen molar-refractivity contribution in [3.63, 3.8) is 0 Å². The van der Waals surface area contributed by atoms with Crippen molar-refractivity contribution in [2.75, 3.05) is 13.2 Å². The van der Waals surface area contributed by atoms with Gasteiger partial charge in [-0.15, -0.1) is 0 Å². The molecule has 1 aromatic carbocycles. The first-order chi connectivity index (χ1) is 17.6. The number of hydroxylamine groups is 1. The van der Waals surface area contributed by atoms with Crippen LogP contribution in [-0.2, 0) is 23.7 Å². The lowest BCUT2D eigenvalue weighted by atomic mass is 9.98. The number of benzene rings is 1. The minimum atomic E-state index is -2.79. The number of aromatic amines is 1. The third kappa shape index (κ3) is 6.31. The molecule has 0 bridgehead atoms. The molecule has 4 rings (SSSR count). The molecule has 37 heavy (non-hydrogen) atoms. The predicted octanol–water partition coefficient (Wildman–Crippen LogP) is 1.83. The van der Waals surface area contributed by atoms with Crippen LogP contribution in [0.15, 0.2) is 52.2 Å². The number of carbonyl (C=O) groups excluding carboxylic acids is 1. The highest BCUT2D eigenvalue weighted by atomic mass is 31.1. The Bertz CT molecular complexity index is 1230. The molecule has 0 amide bonds. The normalized spacial score (nSPS) is 26.6. The lowest BCUT2D eigenvalue weighted by Gasteiger charge is -2.24. The molecule has 0 radical (unpaired) electrons. The monoisotopic (exact) mass is 540 g/mol. The average molecular weight is 540 g/mol. The lowest BCUT2D eigenvalue weighted by molar-refractivity contribution is -0.181. The van der Waals surface area contributed by atoms with Gasteiger partial charge in [0.15, 0.2) is 23.7 Å². The van der Waals surface area contributed by atoms with Crippen molar-refractivity contribution in [3.05, 3.63) is 63.4 Å². The van der Waals surface area contributed by atoms with Gasteiger partial charge in [0.25, 0.3) is 5.56 Å². The van der Waals surface area contributed by atoms with Crippen molar-refractivity contribution in [1.82, 2.24) is 14.4 Å². The molecule has 14 heteroatoms.